The number of fused-ring (bicyclic) bond motifs is 3. The summed E-state index contributed by atoms with van der Waals surface area (Å²) in [5, 5.41) is 21.1. The van der Waals surface area contributed by atoms with Gasteiger partial charge in [0, 0.05) is 33.0 Å². The van der Waals surface area contributed by atoms with E-state index in [2.05, 4.69) is 59.2 Å². The van der Waals surface area contributed by atoms with Crippen molar-refractivity contribution in [1.82, 2.24) is 19.5 Å². The second kappa shape index (κ2) is 15.1. The van der Waals surface area contributed by atoms with Crippen molar-refractivity contribution in [2.75, 3.05) is 0 Å². The van der Waals surface area contributed by atoms with Gasteiger partial charge in [0.05, 0.1) is 40.0 Å². The zero-order valence-electron chi connectivity index (χ0n) is 32.0. The van der Waals surface area contributed by atoms with Crippen molar-refractivity contribution in [3.63, 3.8) is 0 Å². The van der Waals surface area contributed by atoms with Gasteiger partial charge in [-0.1, -0.05) is 133 Å². The lowest BCUT2D eigenvalue weighted by atomic mass is 10.00. The average molecular weight is 771 g/mol. The lowest BCUT2D eigenvalue weighted by molar-refractivity contribution is 0.628. The van der Waals surface area contributed by atoms with E-state index >= 15 is 4.39 Å². The van der Waals surface area contributed by atoms with E-state index in [9.17, 15) is 10.5 Å². The summed E-state index contributed by atoms with van der Waals surface area (Å²) >= 11 is 0. The summed E-state index contributed by atoms with van der Waals surface area (Å²) in [4.78, 5) is 15.0. The first-order valence-corrected chi connectivity index (χ1v) is 19.4. The number of aromatic nitrogens is 4. The van der Waals surface area contributed by atoms with Crippen LogP contribution < -0.4 is 0 Å². The van der Waals surface area contributed by atoms with Gasteiger partial charge in [-0.2, -0.15) is 10.5 Å². The fourth-order valence-electron chi connectivity index (χ4n) is 7.81. The molecule has 0 bridgehead atoms. The molecule has 0 saturated carbocycles. The number of benzene rings is 8. The monoisotopic (exact) mass is 770 g/mol. The normalized spacial score (nSPS) is 11.1. The Balaban J connectivity index is 1.27. The van der Waals surface area contributed by atoms with Crippen LogP contribution in [0.4, 0.5) is 4.39 Å². The maximum Gasteiger partial charge on any atom is 0.164 e. The number of hydrogen-bond donors (Lipinski definition) is 0. The van der Waals surface area contributed by atoms with Crippen molar-refractivity contribution >= 4 is 21.8 Å². The molecule has 8 aromatic carbocycles. The molecule has 0 N–H and O–H groups in total. The van der Waals surface area contributed by atoms with Gasteiger partial charge in [0.25, 0.3) is 0 Å². The van der Waals surface area contributed by atoms with Crippen LogP contribution in [0.3, 0.4) is 0 Å². The van der Waals surface area contributed by atoms with E-state index in [1.54, 1.807) is 12.1 Å². The van der Waals surface area contributed by atoms with Crippen molar-refractivity contribution in [1.29, 1.82) is 10.5 Å². The molecular weight excluding hydrogens is 740 g/mol. The van der Waals surface area contributed by atoms with Gasteiger partial charge in [-0.15, -0.1) is 0 Å². The Morgan fingerprint density at radius 3 is 1.32 bits per heavy atom. The Labute approximate surface area is 345 Å². The number of hydrogen-bond acceptors (Lipinski definition) is 5. The minimum Gasteiger partial charge on any atom is -0.309 e. The molecule has 6 nitrogen and oxygen atoms in total. The molecule has 0 aliphatic heterocycles. The molecule has 0 atom stereocenters. The molecule has 0 fully saturated rings. The SMILES string of the molecule is N#Cc1ccc(-c2ccc3c4ccc(-c5ccc(C#N)cc5)cc4n(-c4cc(-c5nc(-c6ccccc6)nc(-c6ccccc6)n5)ccc4-c4cccc(F)c4)c3c2)cc1. The van der Waals surface area contributed by atoms with Crippen LogP contribution in [0, 0.1) is 28.5 Å². The van der Waals surface area contributed by atoms with Crippen molar-refractivity contribution in [2.24, 2.45) is 0 Å². The van der Waals surface area contributed by atoms with Crippen LogP contribution in [0.1, 0.15) is 11.1 Å². The Bertz CT molecular complexity index is 3150. The van der Waals surface area contributed by atoms with Crippen LogP contribution in [0.2, 0.25) is 0 Å². The Kier molecular flexibility index (Phi) is 9.02. The molecule has 60 heavy (non-hydrogen) atoms. The zero-order valence-corrected chi connectivity index (χ0v) is 32.0. The number of nitrogens with zero attached hydrogens (tertiary/aromatic N) is 6. The van der Waals surface area contributed by atoms with E-state index in [-0.39, 0.29) is 5.82 Å². The van der Waals surface area contributed by atoms with E-state index < -0.39 is 0 Å². The van der Waals surface area contributed by atoms with Gasteiger partial charge in [0.15, 0.2) is 17.5 Å². The van der Waals surface area contributed by atoms with Crippen LogP contribution in [0.25, 0.3) is 95.0 Å². The molecule has 0 radical (unpaired) electrons. The number of rotatable bonds is 7. The molecule has 0 unspecified atom stereocenters. The highest BCUT2D eigenvalue weighted by molar-refractivity contribution is 6.11. The molecule has 10 rings (SSSR count). The highest BCUT2D eigenvalue weighted by atomic mass is 19.1. The van der Waals surface area contributed by atoms with Crippen LogP contribution in [-0.2, 0) is 0 Å². The van der Waals surface area contributed by atoms with Gasteiger partial charge in [-0.3, -0.25) is 0 Å². The smallest absolute Gasteiger partial charge is 0.164 e. The summed E-state index contributed by atoms with van der Waals surface area (Å²) in [7, 11) is 0. The lowest BCUT2D eigenvalue weighted by Crippen LogP contribution is -2.02. The van der Waals surface area contributed by atoms with E-state index in [1.165, 1.54) is 6.07 Å². The second-order valence-corrected chi connectivity index (χ2v) is 14.5. The van der Waals surface area contributed by atoms with E-state index in [0.29, 0.717) is 34.2 Å². The largest absolute Gasteiger partial charge is 0.309 e. The van der Waals surface area contributed by atoms with Crippen molar-refractivity contribution < 1.29 is 4.39 Å². The van der Waals surface area contributed by atoms with Crippen LogP contribution in [0.5, 0.6) is 0 Å². The number of halogens is 1. The molecule has 0 aliphatic carbocycles. The Hall–Kier alpha value is -8.52. The standard InChI is InChI=1S/C53H31FN6/c54-44-13-7-12-42(28-44)45-25-24-43(53-58-51(38-8-3-1-4-9-38)57-52(59-53)39-10-5-2-6-11-39)31-48(45)60-49-29-40(36-18-14-34(32-55)15-19-36)22-26-46(49)47-27-23-41(30-50(47)60)37-20-16-35(33-56)17-21-37/h1-31H. The predicted molar refractivity (Wildman–Crippen MR) is 236 cm³/mol. The highest BCUT2D eigenvalue weighted by Gasteiger charge is 2.21. The molecule has 7 heteroatoms. The van der Waals surface area contributed by atoms with E-state index in [1.807, 2.05) is 127 Å². The van der Waals surface area contributed by atoms with Gasteiger partial charge in [-0.05, 0) is 82.4 Å². The Morgan fingerprint density at radius 1 is 0.383 bits per heavy atom. The Morgan fingerprint density at radius 2 is 0.833 bits per heavy atom. The average Bonchev–Trinajstić information content (AvgIpc) is 3.64. The first-order chi connectivity index (χ1) is 29.5. The molecule has 0 amide bonds. The third-order valence-electron chi connectivity index (χ3n) is 10.8. The van der Waals surface area contributed by atoms with Gasteiger partial charge >= 0.3 is 0 Å². The summed E-state index contributed by atoms with van der Waals surface area (Å²) < 4.78 is 17.3. The lowest BCUT2D eigenvalue weighted by Gasteiger charge is -2.17. The summed E-state index contributed by atoms with van der Waals surface area (Å²) in [5.74, 6) is 1.25. The van der Waals surface area contributed by atoms with Crippen LogP contribution >= 0.6 is 0 Å². The third kappa shape index (κ3) is 6.63. The first kappa shape index (κ1) is 35.9. The zero-order chi connectivity index (χ0) is 40.6. The summed E-state index contributed by atoms with van der Waals surface area (Å²) in [6.07, 6.45) is 0. The molecule has 10 aromatic rings. The van der Waals surface area contributed by atoms with Gasteiger partial charge in [0.2, 0.25) is 0 Å². The molecule has 0 saturated heterocycles. The van der Waals surface area contributed by atoms with Gasteiger partial charge in [-0.25, -0.2) is 19.3 Å². The number of nitriles is 2. The molecule has 2 heterocycles. The predicted octanol–water partition coefficient (Wildman–Crippen LogP) is 12.9. The molecular formula is C53H31FN6. The minimum absolute atomic E-state index is 0.339. The summed E-state index contributed by atoms with van der Waals surface area (Å²) in [6, 6.07) is 64.9. The van der Waals surface area contributed by atoms with Crippen LogP contribution in [-0.4, -0.2) is 19.5 Å². The van der Waals surface area contributed by atoms with Gasteiger partial charge < -0.3 is 4.57 Å². The maximum absolute atomic E-state index is 15.1. The molecule has 280 valence electrons. The molecule has 2 aromatic heterocycles. The summed E-state index contributed by atoms with van der Waals surface area (Å²) in [5.41, 5.74) is 11.7. The maximum atomic E-state index is 15.1. The fraction of sp³-hybridized carbons (Fsp3) is 0. The fourth-order valence-corrected chi connectivity index (χ4v) is 7.81. The highest BCUT2D eigenvalue weighted by Crippen LogP contribution is 2.41. The van der Waals surface area contributed by atoms with Crippen molar-refractivity contribution in [3.8, 4) is 85.4 Å². The summed E-state index contributed by atoms with van der Waals surface area (Å²) in [6.45, 7) is 0. The second-order valence-electron chi connectivity index (χ2n) is 14.5. The van der Waals surface area contributed by atoms with Crippen LogP contribution in [0.15, 0.2) is 188 Å². The van der Waals surface area contributed by atoms with Crippen molar-refractivity contribution in [2.45, 2.75) is 0 Å². The van der Waals surface area contributed by atoms with E-state index in [0.717, 1.165) is 72.0 Å². The van der Waals surface area contributed by atoms with E-state index in [4.69, 9.17) is 15.0 Å². The first-order valence-electron chi connectivity index (χ1n) is 19.4. The molecule has 0 spiro atoms. The minimum atomic E-state index is -0.339. The third-order valence-corrected chi connectivity index (χ3v) is 10.8. The topological polar surface area (TPSA) is 91.2 Å². The van der Waals surface area contributed by atoms with Gasteiger partial charge in [0.1, 0.15) is 5.82 Å². The van der Waals surface area contributed by atoms with Crippen molar-refractivity contribution in [3.05, 3.63) is 205 Å². The quantitative estimate of drug-likeness (QED) is 0.161. The molecule has 0 aliphatic rings.